The fraction of sp³-hybridized carbons (Fsp3) is 0.400. The molecule has 0 atom stereocenters. The number of pyridine rings is 1. The zero-order valence-corrected chi connectivity index (χ0v) is 11.1. The molecule has 0 aliphatic carbocycles. The largest absolute Gasteiger partial charge is 0.477 e. The first-order valence-corrected chi connectivity index (χ1v) is 6.51. The molecule has 0 unspecified atom stereocenters. The maximum Gasteiger partial charge on any atom is 0.218 e. The Bertz CT molecular complexity index is 511. The smallest absolute Gasteiger partial charge is 0.218 e. The summed E-state index contributed by atoms with van der Waals surface area (Å²) < 4.78 is 5.79. The third kappa shape index (κ3) is 2.99. The zero-order valence-electron chi connectivity index (χ0n) is 11.1. The monoisotopic (exact) mass is 244 g/mol. The van der Waals surface area contributed by atoms with Gasteiger partial charge in [-0.2, -0.15) is 0 Å². The van der Waals surface area contributed by atoms with E-state index in [1.807, 2.05) is 25.2 Å². The van der Waals surface area contributed by atoms with Crippen molar-refractivity contribution in [3.8, 4) is 5.88 Å². The van der Waals surface area contributed by atoms with E-state index in [1.54, 1.807) is 0 Å². The minimum Gasteiger partial charge on any atom is -0.477 e. The molecule has 1 aromatic carbocycles. The first kappa shape index (κ1) is 12.8. The van der Waals surface area contributed by atoms with Crippen molar-refractivity contribution in [1.29, 1.82) is 0 Å². The minimum absolute atomic E-state index is 0.735. The molecule has 96 valence electrons. The van der Waals surface area contributed by atoms with Gasteiger partial charge in [0, 0.05) is 17.5 Å². The topological polar surface area (TPSA) is 34.1 Å². The Morgan fingerprint density at radius 1 is 1.28 bits per heavy atom. The highest BCUT2D eigenvalue weighted by atomic mass is 16.5. The van der Waals surface area contributed by atoms with Gasteiger partial charge in [0.15, 0.2) is 0 Å². The Kier molecular flexibility index (Phi) is 4.53. The number of rotatable bonds is 6. The van der Waals surface area contributed by atoms with Gasteiger partial charge >= 0.3 is 0 Å². The molecule has 0 saturated heterocycles. The Hall–Kier alpha value is -1.61. The molecular weight excluding hydrogens is 224 g/mol. The number of nitrogens with zero attached hydrogens (tertiary/aromatic N) is 1. The van der Waals surface area contributed by atoms with Crippen LogP contribution >= 0.6 is 0 Å². The number of hydrogen-bond acceptors (Lipinski definition) is 3. The molecule has 1 N–H and O–H groups in total. The van der Waals surface area contributed by atoms with E-state index in [-0.39, 0.29) is 0 Å². The quantitative estimate of drug-likeness (QED) is 0.793. The van der Waals surface area contributed by atoms with Crippen LogP contribution in [0.5, 0.6) is 5.88 Å². The highest BCUT2D eigenvalue weighted by molar-refractivity contribution is 5.80. The van der Waals surface area contributed by atoms with Crippen LogP contribution in [-0.2, 0) is 6.54 Å². The summed E-state index contributed by atoms with van der Waals surface area (Å²) in [4.78, 5) is 4.60. The number of hydrogen-bond donors (Lipinski definition) is 1. The van der Waals surface area contributed by atoms with Gasteiger partial charge in [-0.25, -0.2) is 4.98 Å². The Morgan fingerprint density at radius 3 is 2.89 bits per heavy atom. The fourth-order valence-corrected chi connectivity index (χ4v) is 1.90. The van der Waals surface area contributed by atoms with E-state index in [0.29, 0.717) is 0 Å². The second kappa shape index (κ2) is 6.36. The average molecular weight is 244 g/mol. The molecule has 0 saturated carbocycles. The molecule has 3 heteroatoms. The van der Waals surface area contributed by atoms with Crippen molar-refractivity contribution in [2.45, 2.75) is 26.3 Å². The Morgan fingerprint density at radius 2 is 2.11 bits per heavy atom. The van der Waals surface area contributed by atoms with Crippen molar-refractivity contribution >= 4 is 10.9 Å². The van der Waals surface area contributed by atoms with Crippen LogP contribution in [0.4, 0.5) is 0 Å². The number of fused-ring (bicyclic) bond motifs is 1. The summed E-state index contributed by atoms with van der Waals surface area (Å²) in [6.07, 6.45) is 2.20. The van der Waals surface area contributed by atoms with E-state index >= 15 is 0 Å². The lowest BCUT2D eigenvalue weighted by atomic mass is 10.1. The van der Waals surface area contributed by atoms with E-state index in [1.165, 1.54) is 0 Å². The molecule has 0 radical (unpaired) electrons. The maximum absolute atomic E-state index is 5.79. The molecule has 0 fully saturated rings. The first-order chi connectivity index (χ1) is 8.85. The third-order valence-corrected chi connectivity index (χ3v) is 2.87. The molecule has 18 heavy (non-hydrogen) atoms. The van der Waals surface area contributed by atoms with Crippen LogP contribution in [0.25, 0.3) is 10.9 Å². The molecule has 0 bridgehead atoms. The normalized spacial score (nSPS) is 10.8. The molecule has 3 nitrogen and oxygen atoms in total. The fourth-order valence-electron chi connectivity index (χ4n) is 1.90. The molecular formula is C15H20N2O. The highest BCUT2D eigenvalue weighted by Gasteiger charge is 2.07. The van der Waals surface area contributed by atoms with E-state index in [0.717, 1.165) is 48.3 Å². The summed E-state index contributed by atoms with van der Waals surface area (Å²) >= 11 is 0. The molecule has 1 heterocycles. The second-order valence-corrected chi connectivity index (χ2v) is 4.38. The number of ether oxygens (including phenoxy) is 1. The van der Waals surface area contributed by atoms with Gasteiger partial charge in [0.05, 0.1) is 12.1 Å². The minimum atomic E-state index is 0.735. The summed E-state index contributed by atoms with van der Waals surface area (Å²) in [7, 11) is 1.94. The molecule has 1 aromatic heterocycles. The SMILES string of the molecule is CCCCOc1nc2ccccc2cc1CNC. The number of para-hydroxylation sites is 1. The van der Waals surface area contributed by atoms with Crippen LogP contribution in [0.15, 0.2) is 30.3 Å². The van der Waals surface area contributed by atoms with Gasteiger partial charge < -0.3 is 10.1 Å². The number of nitrogens with one attached hydrogen (secondary N) is 1. The Balaban J connectivity index is 2.31. The van der Waals surface area contributed by atoms with Gasteiger partial charge in [-0.05, 0) is 25.6 Å². The number of benzene rings is 1. The summed E-state index contributed by atoms with van der Waals surface area (Å²) in [6.45, 7) is 3.67. The van der Waals surface area contributed by atoms with Crippen LogP contribution in [0.2, 0.25) is 0 Å². The second-order valence-electron chi connectivity index (χ2n) is 4.38. The Labute approximate surface area is 108 Å². The summed E-state index contributed by atoms with van der Waals surface area (Å²) in [5.41, 5.74) is 2.11. The van der Waals surface area contributed by atoms with E-state index in [2.05, 4.69) is 29.4 Å². The van der Waals surface area contributed by atoms with Crippen LogP contribution in [0.1, 0.15) is 25.3 Å². The lowest BCUT2D eigenvalue weighted by Gasteiger charge is -2.11. The predicted octanol–water partition coefficient (Wildman–Crippen LogP) is 3.13. The molecule has 2 aromatic rings. The lowest BCUT2D eigenvalue weighted by Crippen LogP contribution is -2.09. The van der Waals surface area contributed by atoms with Gasteiger partial charge in [0.25, 0.3) is 0 Å². The standard InChI is InChI=1S/C15H20N2O/c1-3-4-9-18-15-13(11-16-2)10-12-7-5-6-8-14(12)17-15/h5-8,10,16H,3-4,9,11H2,1-2H3. The molecule has 0 amide bonds. The van der Waals surface area contributed by atoms with Crippen LogP contribution in [0.3, 0.4) is 0 Å². The first-order valence-electron chi connectivity index (χ1n) is 6.51. The van der Waals surface area contributed by atoms with Gasteiger partial charge in [-0.3, -0.25) is 0 Å². The lowest BCUT2D eigenvalue weighted by molar-refractivity contribution is 0.295. The van der Waals surface area contributed by atoms with Crippen molar-refractivity contribution in [2.24, 2.45) is 0 Å². The molecule has 0 aliphatic rings. The van der Waals surface area contributed by atoms with Crippen molar-refractivity contribution in [2.75, 3.05) is 13.7 Å². The zero-order chi connectivity index (χ0) is 12.8. The number of aromatic nitrogens is 1. The highest BCUT2D eigenvalue weighted by Crippen LogP contribution is 2.22. The van der Waals surface area contributed by atoms with Crippen LogP contribution < -0.4 is 10.1 Å². The van der Waals surface area contributed by atoms with Gasteiger partial charge in [-0.15, -0.1) is 0 Å². The van der Waals surface area contributed by atoms with Gasteiger partial charge in [0.2, 0.25) is 5.88 Å². The van der Waals surface area contributed by atoms with E-state index in [4.69, 9.17) is 4.74 Å². The molecule has 0 spiro atoms. The van der Waals surface area contributed by atoms with Crippen LogP contribution in [0, 0.1) is 0 Å². The molecule has 2 rings (SSSR count). The van der Waals surface area contributed by atoms with Crippen molar-refractivity contribution in [3.05, 3.63) is 35.9 Å². The van der Waals surface area contributed by atoms with Crippen LogP contribution in [-0.4, -0.2) is 18.6 Å². The van der Waals surface area contributed by atoms with Crippen molar-refractivity contribution < 1.29 is 4.74 Å². The van der Waals surface area contributed by atoms with E-state index < -0.39 is 0 Å². The summed E-state index contributed by atoms with van der Waals surface area (Å²) in [6, 6.07) is 10.3. The van der Waals surface area contributed by atoms with Gasteiger partial charge in [-0.1, -0.05) is 31.5 Å². The van der Waals surface area contributed by atoms with Crippen molar-refractivity contribution in [1.82, 2.24) is 10.3 Å². The van der Waals surface area contributed by atoms with E-state index in [9.17, 15) is 0 Å². The maximum atomic E-state index is 5.79. The van der Waals surface area contributed by atoms with Gasteiger partial charge in [0.1, 0.15) is 0 Å². The summed E-state index contributed by atoms with van der Waals surface area (Å²) in [5, 5.41) is 4.32. The number of unbranched alkanes of at least 4 members (excludes halogenated alkanes) is 1. The third-order valence-electron chi connectivity index (χ3n) is 2.87. The predicted molar refractivity (Wildman–Crippen MR) is 74.9 cm³/mol. The van der Waals surface area contributed by atoms with Crippen molar-refractivity contribution in [3.63, 3.8) is 0 Å². The summed E-state index contributed by atoms with van der Waals surface area (Å²) in [5.74, 6) is 0.761. The molecule has 0 aliphatic heterocycles. The average Bonchev–Trinajstić information content (AvgIpc) is 2.40.